The number of nitrogens with zero attached hydrogens (tertiary/aromatic N) is 2. The molecule has 4 aromatic rings. The van der Waals surface area contributed by atoms with Crippen molar-refractivity contribution in [3.05, 3.63) is 70.9 Å². The number of hydrogen-bond donors (Lipinski definition) is 0. The van der Waals surface area contributed by atoms with Gasteiger partial charge in [0.15, 0.2) is 5.58 Å². The van der Waals surface area contributed by atoms with Gasteiger partial charge in [-0.15, -0.1) is 0 Å². The molecule has 6 heteroatoms. The topological polar surface area (TPSA) is 68.6 Å². The predicted octanol–water partition coefficient (Wildman–Crippen LogP) is 3.56. The molecule has 1 atom stereocenters. The summed E-state index contributed by atoms with van der Waals surface area (Å²) in [4.78, 5) is 26.4. The van der Waals surface area contributed by atoms with Crippen LogP contribution in [0.1, 0.15) is 18.7 Å². The van der Waals surface area contributed by atoms with Crippen LogP contribution < -0.4 is 5.76 Å². The second kappa shape index (κ2) is 6.22. The van der Waals surface area contributed by atoms with E-state index >= 15 is 0 Å². The number of hydrogen-bond acceptors (Lipinski definition) is 4. The van der Waals surface area contributed by atoms with Crippen molar-refractivity contribution < 1.29 is 13.6 Å². The average Bonchev–Trinajstić information content (AvgIpc) is 3.22. The molecule has 132 valence electrons. The van der Waals surface area contributed by atoms with Crippen molar-refractivity contribution in [1.82, 2.24) is 9.47 Å². The molecule has 0 N–H and O–H groups in total. The Balaban J connectivity index is 1.59. The van der Waals surface area contributed by atoms with Crippen molar-refractivity contribution in [2.24, 2.45) is 0 Å². The van der Waals surface area contributed by atoms with Crippen molar-refractivity contribution in [2.75, 3.05) is 7.05 Å². The summed E-state index contributed by atoms with van der Waals surface area (Å²) in [6.07, 6.45) is 0. The van der Waals surface area contributed by atoms with E-state index in [9.17, 15) is 9.59 Å². The van der Waals surface area contributed by atoms with Crippen LogP contribution in [0.2, 0.25) is 0 Å². The lowest BCUT2D eigenvalue weighted by molar-refractivity contribution is -0.132. The van der Waals surface area contributed by atoms with Crippen LogP contribution in [0, 0.1) is 0 Å². The van der Waals surface area contributed by atoms with E-state index in [1.165, 1.54) is 4.57 Å². The van der Waals surface area contributed by atoms with Gasteiger partial charge >= 0.3 is 5.76 Å². The highest BCUT2D eigenvalue weighted by molar-refractivity contribution is 5.80. The molecular formula is C20H18N2O4. The van der Waals surface area contributed by atoms with Gasteiger partial charge in [-0.25, -0.2) is 4.79 Å². The summed E-state index contributed by atoms with van der Waals surface area (Å²) in [7, 11) is 1.70. The van der Waals surface area contributed by atoms with Gasteiger partial charge in [-0.2, -0.15) is 0 Å². The first-order chi connectivity index (χ1) is 12.5. The zero-order valence-corrected chi connectivity index (χ0v) is 14.5. The first-order valence-corrected chi connectivity index (χ1v) is 8.37. The zero-order valence-electron chi connectivity index (χ0n) is 14.5. The third kappa shape index (κ3) is 2.69. The molecule has 2 aromatic carbocycles. The lowest BCUT2D eigenvalue weighted by atomic mass is 10.2. The average molecular weight is 350 g/mol. The van der Waals surface area contributed by atoms with E-state index in [4.69, 9.17) is 8.83 Å². The molecule has 2 aromatic heterocycles. The number of aromatic nitrogens is 1. The van der Waals surface area contributed by atoms with Crippen LogP contribution in [-0.4, -0.2) is 22.4 Å². The maximum atomic E-state index is 12.7. The van der Waals surface area contributed by atoms with Crippen LogP contribution in [0.4, 0.5) is 0 Å². The first kappa shape index (κ1) is 16.2. The number of carbonyl (C=O) groups is 1. The number of amides is 1. The molecule has 0 bridgehead atoms. The fraction of sp³-hybridized carbons (Fsp3) is 0.200. The van der Waals surface area contributed by atoms with Gasteiger partial charge < -0.3 is 13.7 Å². The van der Waals surface area contributed by atoms with Gasteiger partial charge in [0.05, 0.1) is 11.6 Å². The fourth-order valence-corrected chi connectivity index (χ4v) is 3.03. The highest BCUT2D eigenvalue weighted by Gasteiger charge is 2.22. The van der Waals surface area contributed by atoms with Gasteiger partial charge in [0.1, 0.15) is 17.9 Å². The molecular weight excluding hydrogens is 332 g/mol. The van der Waals surface area contributed by atoms with Crippen molar-refractivity contribution >= 4 is 28.0 Å². The Bertz CT molecular complexity index is 1120. The molecule has 6 nitrogen and oxygen atoms in total. The molecule has 2 heterocycles. The Morgan fingerprint density at radius 3 is 2.54 bits per heavy atom. The van der Waals surface area contributed by atoms with E-state index in [1.807, 2.05) is 37.3 Å². The highest BCUT2D eigenvalue weighted by Crippen LogP contribution is 2.26. The Morgan fingerprint density at radius 1 is 1.08 bits per heavy atom. The van der Waals surface area contributed by atoms with E-state index < -0.39 is 5.76 Å². The molecule has 0 radical (unpaired) electrons. The third-order valence-electron chi connectivity index (χ3n) is 4.70. The summed E-state index contributed by atoms with van der Waals surface area (Å²) < 4.78 is 12.4. The first-order valence-electron chi connectivity index (χ1n) is 8.37. The molecule has 0 saturated carbocycles. The van der Waals surface area contributed by atoms with E-state index in [2.05, 4.69) is 0 Å². The van der Waals surface area contributed by atoms with Crippen molar-refractivity contribution in [1.29, 1.82) is 0 Å². The molecule has 0 aliphatic carbocycles. The summed E-state index contributed by atoms with van der Waals surface area (Å²) in [5.41, 5.74) is 1.86. The van der Waals surface area contributed by atoms with Gasteiger partial charge in [-0.05, 0) is 31.2 Å². The number of oxazole rings is 1. The number of carbonyl (C=O) groups excluding carboxylic acids is 1. The van der Waals surface area contributed by atoms with E-state index in [0.29, 0.717) is 16.9 Å². The highest BCUT2D eigenvalue weighted by atomic mass is 16.4. The Labute approximate surface area is 149 Å². The number of likely N-dealkylation sites (N-methyl/N-ethyl adjacent to an activating group) is 1. The van der Waals surface area contributed by atoms with Crippen molar-refractivity contribution in [2.45, 2.75) is 19.5 Å². The molecule has 1 amide bonds. The van der Waals surface area contributed by atoms with Crippen LogP contribution >= 0.6 is 0 Å². The lowest BCUT2D eigenvalue weighted by Gasteiger charge is -2.23. The lowest BCUT2D eigenvalue weighted by Crippen LogP contribution is -2.34. The summed E-state index contributed by atoms with van der Waals surface area (Å²) in [6.45, 7) is 1.81. The Hall–Kier alpha value is -3.28. The number of furan rings is 1. The molecule has 4 rings (SSSR count). The zero-order chi connectivity index (χ0) is 18.3. The minimum atomic E-state index is -0.538. The SMILES string of the molecule is CC(c1cc2ccccc2o1)N(C)C(=O)Cn1c(=O)oc2ccccc21. The maximum Gasteiger partial charge on any atom is 0.420 e. The molecule has 0 saturated heterocycles. The number of fused-ring (bicyclic) bond motifs is 2. The Kier molecular flexibility index (Phi) is 3.88. The molecule has 0 fully saturated rings. The van der Waals surface area contributed by atoms with Crippen LogP contribution in [0.3, 0.4) is 0 Å². The number of benzene rings is 2. The minimum Gasteiger partial charge on any atom is -0.459 e. The predicted molar refractivity (Wildman–Crippen MR) is 97.9 cm³/mol. The van der Waals surface area contributed by atoms with Crippen molar-refractivity contribution in [3.63, 3.8) is 0 Å². The summed E-state index contributed by atoms with van der Waals surface area (Å²) in [5.74, 6) is -0.0394. The summed E-state index contributed by atoms with van der Waals surface area (Å²) >= 11 is 0. The minimum absolute atomic E-state index is 0.0864. The normalized spacial score (nSPS) is 12.5. The molecule has 0 aliphatic heterocycles. The van der Waals surface area contributed by atoms with E-state index in [0.717, 1.165) is 11.0 Å². The van der Waals surface area contributed by atoms with E-state index in [-0.39, 0.29) is 18.5 Å². The van der Waals surface area contributed by atoms with Crippen LogP contribution in [0.15, 0.2) is 68.2 Å². The number of rotatable bonds is 4. The molecule has 0 aliphatic rings. The van der Waals surface area contributed by atoms with Gasteiger partial charge in [0.25, 0.3) is 0 Å². The smallest absolute Gasteiger partial charge is 0.420 e. The monoisotopic (exact) mass is 350 g/mol. The second-order valence-electron chi connectivity index (χ2n) is 6.29. The molecule has 1 unspecified atom stereocenters. The van der Waals surface area contributed by atoms with Crippen LogP contribution in [0.25, 0.3) is 22.1 Å². The standard InChI is InChI=1S/C20H18N2O4/c1-13(18-11-14-7-3-5-9-16(14)25-18)21(2)19(23)12-22-15-8-4-6-10-17(15)26-20(22)24/h3-11,13H,12H2,1-2H3. The van der Waals surface area contributed by atoms with Crippen LogP contribution in [0.5, 0.6) is 0 Å². The number of para-hydroxylation sites is 3. The van der Waals surface area contributed by atoms with Gasteiger partial charge in [-0.1, -0.05) is 30.3 Å². The summed E-state index contributed by atoms with van der Waals surface area (Å²) in [6, 6.07) is 16.4. The van der Waals surface area contributed by atoms with Gasteiger partial charge in [0.2, 0.25) is 5.91 Å². The maximum absolute atomic E-state index is 12.7. The summed E-state index contributed by atoms with van der Waals surface area (Å²) in [5, 5.41) is 0.993. The van der Waals surface area contributed by atoms with Crippen molar-refractivity contribution in [3.8, 4) is 0 Å². The van der Waals surface area contributed by atoms with Gasteiger partial charge in [-0.3, -0.25) is 9.36 Å². The van der Waals surface area contributed by atoms with Gasteiger partial charge in [0, 0.05) is 12.4 Å². The largest absolute Gasteiger partial charge is 0.459 e. The Morgan fingerprint density at radius 2 is 1.77 bits per heavy atom. The third-order valence-corrected chi connectivity index (χ3v) is 4.70. The van der Waals surface area contributed by atoms with Crippen LogP contribution in [-0.2, 0) is 11.3 Å². The quantitative estimate of drug-likeness (QED) is 0.564. The molecule has 0 spiro atoms. The molecule has 26 heavy (non-hydrogen) atoms. The second-order valence-corrected chi connectivity index (χ2v) is 6.29. The fourth-order valence-electron chi connectivity index (χ4n) is 3.03. The van der Waals surface area contributed by atoms with E-state index in [1.54, 1.807) is 36.2 Å².